The number of quaternary nitrogens is 1. The Balaban J connectivity index is 0.00000121. The van der Waals surface area contributed by atoms with Gasteiger partial charge in [0.1, 0.15) is 6.54 Å². The number of unbranched alkanes of at least 4 members (excludes halogenated alkanes) is 1. The second-order valence-corrected chi connectivity index (χ2v) is 3.51. The third-order valence-electron chi connectivity index (χ3n) is 2.24. The molecule has 2 heteroatoms. The first kappa shape index (κ1) is 11.7. The van der Waals surface area contributed by atoms with Crippen molar-refractivity contribution in [2.75, 3.05) is 20.1 Å². The van der Waals surface area contributed by atoms with E-state index in [-0.39, 0.29) is 12.4 Å². The van der Waals surface area contributed by atoms with E-state index >= 15 is 0 Å². The Morgan fingerprint density at radius 3 is 2.58 bits per heavy atom. The summed E-state index contributed by atoms with van der Waals surface area (Å²) in [5.74, 6) is 0. The molecule has 1 aliphatic rings. The molecule has 0 saturated heterocycles. The van der Waals surface area contributed by atoms with Crippen LogP contribution < -0.4 is 12.4 Å². The Hall–Kier alpha value is -0.270. The maximum absolute atomic E-state index is 2.29. The number of hydrogen-bond donors (Lipinski definition) is 0. The van der Waals surface area contributed by atoms with Gasteiger partial charge in [-0.25, -0.2) is 0 Å². The van der Waals surface area contributed by atoms with Gasteiger partial charge in [0.2, 0.25) is 0 Å². The van der Waals surface area contributed by atoms with Gasteiger partial charge in [0.05, 0.1) is 19.8 Å². The van der Waals surface area contributed by atoms with E-state index in [1.165, 1.54) is 19.4 Å². The average Bonchev–Trinajstić information content (AvgIpc) is 2.03. The monoisotopic (exact) mass is 187 g/mol. The molecule has 0 bridgehead atoms. The van der Waals surface area contributed by atoms with Crippen LogP contribution in [0.2, 0.25) is 0 Å². The summed E-state index contributed by atoms with van der Waals surface area (Å²) in [7, 11) is 2.29. The molecule has 0 N–H and O–H groups in total. The van der Waals surface area contributed by atoms with Crippen molar-refractivity contribution in [3.05, 3.63) is 24.4 Å². The summed E-state index contributed by atoms with van der Waals surface area (Å²) in [5.41, 5.74) is 0. The number of hydrogen-bond acceptors (Lipinski definition) is 0. The van der Waals surface area contributed by atoms with E-state index < -0.39 is 0 Å². The molecule has 1 nitrogen and oxygen atoms in total. The van der Waals surface area contributed by atoms with Gasteiger partial charge in [0.25, 0.3) is 0 Å². The Morgan fingerprint density at radius 1 is 1.33 bits per heavy atom. The SMILES string of the molecule is CCCC[N+]1(C)C=CC=CC1.[Cl-]. The first-order valence-corrected chi connectivity index (χ1v) is 4.45. The van der Waals surface area contributed by atoms with Crippen molar-refractivity contribution in [1.29, 1.82) is 0 Å². The van der Waals surface area contributed by atoms with Gasteiger partial charge in [-0.2, -0.15) is 0 Å². The van der Waals surface area contributed by atoms with Gasteiger partial charge in [0, 0.05) is 0 Å². The molecular formula is C10H18ClN. The second kappa shape index (κ2) is 5.39. The molecule has 0 amide bonds. The molecule has 1 unspecified atom stereocenters. The van der Waals surface area contributed by atoms with Crippen molar-refractivity contribution in [1.82, 2.24) is 0 Å². The minimum atomic E-state index is 0. The highest BCUT2D eigenvalue weighted by molar-refractivity contribution is 5.03. The van der Waals surface area contributed by atoms with Gasteiger partial charge >= 0.3 is 0 Å². The summed E-state index contributed by atoms with van der Waals surface area (Å²) in [4.78, 5) is 0. The van der Waals surface area contributed by atoms with Crippen LogP contribution in [-0.4, -0.2) is 24.6 Å². The molecule has 0 aromatic rings. The van der Waals surface area contributed by atoms with Crippen LogP contribution >= 0.6 is 0 Å². The van der Waals surface area contributed by atoms with Crippen LogP contribution in [0.3, 0.4) is 0 Å². The highest BCUT2D eigenvalue weighted by atomic mass is 35.5. The lowest BCUT2D eigenvalue weighted by Gasteiger charge is -2.30. The van der Waals surface area contributed by atoms with Crippen molar-refractivity contribution in [2.45, 2.75) is 19.8 Å². The number of nitrogens with zero attached hydrogens (tertiary/aromatic N) is 1. The van der Waals surface area contributed by atoms with Crippen LogP contribution in [0.1, 0.15) is 19.8 Å². The number of rotatable bonds is 3. The van der Waals surface area contributed by atoms with Crippen LogP contribution in [-0.2, 0) is 0 Å². The maximum Gasteiger partial charge on any atom is 0.102 e. The van der Waals surface area contributed by atoms with E-state index in [0.29, 0.717) is 0 Å². The van der Waals surface area contributed by atoms with Gasteiger partial charge in [-0.15, -0.1) is 0 Å². The van der Waals surface area contributed by atoms with Crippen LogP contribution in [0.15, 0.2) is 24.4 Å². The van der Waals surface area contributed by atoms with Crippen molar-refractivity contribution in [3.63, 3.8) is 0 Å². The fourth-order valence-corrected chi connectivity index (χ4v) is 1.38. The van der Waals surface area contributed by atoms with Crippen molar-refractivity contribution in [3.8, 4) is 0 Å². The lowest BCUT2D eigenvalue weighted by molar-refractivity contribution is -0.854. The smallest absolute Gasteiger partial charge is 0.102 e. The van der Waals surface area contributed by atoms with Crippen molar-refractivity contribution in [2.24, 2.45) is 0 Å². The highest BCUT2D eigenvalue weighted by Crippen LogP contribution is 2.10. The predicted octanol–water partition coefficient (Wildman–Crippen LogP) is -0.679. The molecule has 1 aliphatic heterocycles. The number of likely N-dealkylation sites (N-methyl/N-ethyl adjacent to an activating group) is 1. The van der Waals surface area contributed by atoms with Crippen molar-refractivity contribution < 1.29 is 16.9 Å². The van der Waals surface area contributed by atoms with Crippen LogP contribution in [0, 0.1) is 0 Å². The van der Waals surface area contributed by atoms with E-state index in [1.807, 2.05) is 0 Å². The Labute approximate surface area is 81.8 Å². The summed E-state index contributed by atoms with van der Waals surface area (Å²) >= 11 is 0. The van der Waals surface area contributed by atoms with Gasteiger partial charge in [0.15, 0.2) is 0 Å². The first-order chi connectivity index (χ1) is 5.27. The highest BCUT2D eigenvalue weighted by Gasteiger charge is 2.16. The second-order valence-electron chi connectivity index (χ2n) is 3.51. The lowest BCUT2D eigenvalue weighted by atomic mass is 10.2. The maximum atomic E-state index is 2.29. The predicted molar refractivity (Wildman–Crippen MR) is 49.1 cm³/mol. The molecule has 1 atom stereocenters. The molecule has 70 valence electrons. The molecular weight excluding hydrogens is 170 g/mol. The standard InChI is InChI=1S/C10H18N.ClH/c1-3-4-8-11(2)9-6-5-7-10-11;/h5-7,9H,3-4,8,10H2,1-2H3;1H/q+1;/p-1. The van der Waals surface area contributed by atoms with Crippen LogP contribution in [0.5, 0.6) is 0 Å². The normalized spacial score (nSPS) is 26.8. The molecule has 0 saturated carbocycles. The van der Waals surface area contributed by atoms with E-state index in [0.717, 1.165) is 11.0 Å². The zero-order chi connectivity index (χ0) is 8.16. The van der Waals surface area contributed by atoms with E-state index in [1.54, 1.807) is 0 Å². The third-order valence-corrected chi connectivity index (χ3v) is 2.24. The minimum absolute atomic E-state index is 0. The molecule has 0 aliphatic carbocycles. The Morgan fingerprint density at radius 2 is 2.08 bits per heavy atom. The largest absolute Gasteiger partial charge is 1.00 e. The lowest BCUT2D eigenvalue weighted by Crippen LogP contribution is -3.00. The van der Waals surface area contributed by atoms with Gasteiger partial charge < -0.3 is 12.4 Å². The molecule has 0 aromatic heterocycles. The van der Waals surface area contributed by atoms with Gasteiger partial charge in [-0.05, 0) is 18.6 Å². The summed E-state index contributed by atoms with van der Waals surface area (Å²) in [6.45, 7) is 4.68. The molecule has 0 radical (unpaired) electrons. The minimum Gasteiger partial charge on any atom is -1.00 e. The summed E-state index contributed by atoms with van der Waals surface area (Å²) in [6, 6.07) is 0. The van der Waals surface area contributed by atoms with E-state index in [4.69, 9.17) is 0 Å². The zero-order valence-electron chi connectivity index (χ0n) is 7.96. The molecule has 1 rings (SSSR count). The van der Waals surface area contributed by atoms with Gasteiger partial charge in [-0.1, -0.05) is 19.4 Å². The first-order valence-electron chi connectivity index (χ1n) is 4.45. The van der Waals surface area contributed by atoms with Crippen LogP contribution in [0.4, 0.5) is 0 Å². The molecule has 12 heavy (non-hydrogen) atoms. The Bertz CT molecular complexity index is 175. The topological polar surface area (TPSA) is 0 Å². The average molecular weight is 188 g/mol. The van der Waals surface area contributed by atoms with Crippen LogP contribution in [0.25, 0.3) is 0 Å². The number of halogens is 1. The third kappa shape index (κ3) is 3.42. The zero-order valence-corrected chi connectivity index (χ0v) is 8.72. The Kier molecular flexibility index (Phi) is 5.27. The molecule has 0 spiro atoms. The molecule has 1 heterocycles. The van der Waals surface area contributed by atoms with Crippen molar-refractivity contribution >= 4 is 0 Å². The summed E-state index contributed by atoms with van der Waals surface area (Å²) < 4.78 is 1.09. The van der Waals surface area contributed by atoms with E-state index in [9.17, 15) is 0 Å². The molecule has 0 fully saturated rings. The summed E-state index contributed by atoms with van der Waals surface area (Å²) in [6.07, 6.45) is 11.4. The van der Waals surface area contributed by atoms with E-state index in [2.05, 4.69) is 38.4 Å². The molecule has 0 aromatic carbocycles. The van der Waals surface area contributed by atoms with Gasteiger partial charge in [-0.3, -0.25) is 4.48 Å². The quantitative estimate of drug-likeness (QED) is 0.514. The number of allylic oxidation sites excluding steroid dienone is 2. The summed E-state index contributed by atoms with van der Waals surface area (Å²) in [5, 5.41) is 0. The fraction of sp³-hybridized carbons (Fsp3) is 0.600. The fourth-order valence-electron chi connectivity index (χ4n) is 1.38.